The second kappa shape index (κ2) is 5.98. The molecule has 0 atom stereocenters. The van der Waals surface area contributed by atoms with E-state index in [1.54, 1.807) is 17.5 Å². The molecule has 0 radical (unpaired) electrons. The van der Waals surface area contributed by atoms with Crippen molar-refractivity contribution in [2.45, 2.75) is 33.0 Å². The summed E-state index contributed by atoms with van der Waals surface area (Å²) in [6.07, 6.45) is 3.71. The number of hydrogen-bond donors (Lipinski definition) is 1. The van der Waals surface area contributed by atoms with Crippen LogP contribution in [0.1, 0.15) is 24.3 Å². The average molecular weight is 261 g/mol. The van der Waals surface area contributed by atoms with Gasteiger partial charge >= 0.3 is 0 Å². The molecule has 2 heterocycles. The molecule has 0 amide bonds. The molecule has 0 unspecified atom stereocenters. The van der Waals surface area contributed by atoms with Crippen molar-refractivity contribution in [3.63, 3.8) is 0 Å². The monoisotopic (exact) mass is 261 g/mol. The maximum absolute atomic E-state index is 5.81. The number of thiophene rings is 1. The topological polar surface area (TPSA) is 42.2 Å². The van der Waals surface area contributed by atoms with Crippen LogP contribution >= 0.6 is 11.3 Å². The second-order valence-corrected chi connectivity index (χ2v) is 5.54. The molecule has 4 heteroatoms. The molecule has 0 saturated heterocycles. The lowest BCUT2D eigenvalue weighted by atomic mass is 10.1. The van der Waals surface area contributed by atoms with Crippen molar-refractivity contribution in [3.8, 4) is 0 Å². The quantitative estimate of drug-likeness (QED) is 0.899. The average Bonchev–Trinajstić information content (AvgIpc) is 2.88. The number of nitrogens with two attached hydrogens (primary N) is 1. The third-order valence-electron chi connectivity index (χ3n) is 2.95. The first kappa shape index (κ1) is 13.1. The molecule has 0 aliphatic carbocycles. The van der Waals surface area contributed by atoms with E-state index in [2.05, 4.69) is 41.2 Å². The molecule has 2 aromatic rings. The van der Waals surface area contributed by atoms with E-state index in [1.807, 2.05) is 12.3 Å². The van der Waals surface area contributed by atoms with Gasteiger partial charge in [0.1, 0.15) is 0 Å². The van der Waals surface area contributed by atoms with Gasteiger partial charge in [-0.3, -0.25) is 4.98 Å². The number of nitrogens with zero attached hydrogens (tertiary/aromatic N) is 2. The standard InChI is InChI=1S/C14H19N3S/c1-11(2)17(10-13-4-3-7-18-13)14-9-16-6-5-12(14)8-15/h3-7,9,11H,8,10,15H2,1-2H3. The van der Waals surface area contributed by atoms with Crippen LogP contribution in [0.4, 0.5) is 5.69 Å². The first-order chi connectivity index (χ1) is 8.72. The van der Waals surface area contributed by atoms with Crippen molar-refractivity contribution in [1.82, 2.24) is 4.98 Å². The Kier molecular flexibility index (Phi) is 4.33. The highest BCUT2D eigenvalue weighted by molar-refractivity contribution is 7.09. The Morgan fingerprint density at radius 2 is 2.22 bits per heavy atom. The minimum absolute atomic E-state index is 0.418. The molecule has 2 N–H and O–H groups in total. The van der Waals surface area contributed by atoms with Gasteiger partial charge in [0.15, 0.2) is 0 Å². The third-order valence-corrected chi connectivity index (χ3v) is 3.81. The molecule has 2 aromatic heterocycles. The molecule has 0 aliphatic rings. The molecule has 0 bridgehead atoms. The van der Waals surface area contributed by atoms with Crippen LogP contribution in [0, 0.1) is 0 Å². The highest BCUT2D eigenvalue weighted by Gasteiger charge is 2.14. The second-order valence-electron chi connectivity index (χ2n) is 4.51. The van der Waals surface area contributed by atoms with Crippen LogP contribution in [-0.2, 0) is 13.1 Å². The predicted molar refractivity (Wildman–Crippen MR) is 77.8 cm³/mol. The fraction of sp³-hybridized carbons (Fsp3) is 0.357. The van der Waals surface area contributed by atoms with Gasteiger partial charge in [-0.05, 0) is 36.9 Å². The molecule has 0 aliphatic heterocycles. The highest BCUT2D eigenvalue weighted by Crippen LogP contribution is 2.24. The summed E-state index contributed by atoms with van der Waals surface area (Å²) >= 11 is 1.78. The summed E-state index contributed by atoms with van der Waals surface area (Å²) in [5.41, 5.74) is 8.10. The molecule has 0 aromatic carbocycles. The van der Waals surface area contributed by atoms with Crippen LogP contribution < -0.4 is 10.6 Å². The molecule has 2 rings (SSSR count). The van der Waals surface area contributed by atoms with Crippen molar-refractivity contribution in [1.29, 1.82) is 0 Å². The Morgan fingerprint density at radius 3 is 2.83 bits per heavy atom. The first-order valence-corrected chi connectivity index (χ1v) is 7.02. The number of hydrogen-bond acceptors (Lipinski definition) is 4. The maximum atomic E-state index is 5.81. The van der Waals surface area contributed by atoms with Gasteiger partial charge < -0.3 is 10.6 Å². The van der Waals surface area contributed by atoms with Gasteiger partial charge in [-0.2, -0.15) is 0 Å². The van der Waals surface area contributed by atoms with E-state index in [0.29, 0.717) is 12.6 Å². The molecular formula is C14H19N3S. The molecular weight excluding hydrogens is 242 g/mol. The zero-order valence-corrected chi connectivity index (χ0v) is 11.7. The number of aromatic nitrogens is 1. The zero-order valence-electron chi connectivity index (χ0n) is 10.8. The summed E-state index contributed by atoms with van der Waals surface area (Å²) in [6.45, 7) is 5.85. The molecule has 0 fully saturated rings. The minimum Gasteiger partial charge on any atom is -0.362 e. The van der Waals surface area contributed by atoms with Crippen LogP contribution in [0.5, 0.6) is 0 Å². The van der Waals surface area contributed by atoms with Crippen molar-refractivity contribution in [2.75, 3.05) is 4.90 Å². The van der Waals surface area contributed by atoms with Gasteiger partial charge in [0, 0.05) is 23.7 Å². The highest BCUT2D eigenvalue weighted by atomic mass is 32.1. The lowest BCUT2D eigenvalue weighted by molar-refractivity contribution is 0.681. The predicted octanol–water partition coefficient (Wildman–Crippen LogP) is 3.02. The van der Waals surface area contributed by atoms with E-state index in [9.17, 15) is 0 Å². The smallest absolute Gasteiger partial charge is 0.0603 e. The summed E-state index contributed by atoms with van der Waals surface area (Å²) in [6, 6.07) is 6.67. The van der Waals surface area contributed by atoms with Gasteiger partial charge in [-0.25, -0.2) is 0 Å². The van der Waals surface area contributed by atoms with Crippen LogP contribution in [0.2, 0.25) is 0 Å². The van der Waals surface area contributed by atoms with E-state index >= 15 is 0 Å². The molecule has 18 heavy (non-hydrogen) atoms. The lowest BCUT2D eigenvalue weighted by Gasteiger charge is -2.30. The van der Waals surface area contributed by atoms with Gasteiger partial charge in [0.25, 0.3) is 0 Å². The number of pyridine rings is 1. The molecule has 96 valence electrons. The third kappa shape index (κ3) is 2.89. The van der Waals surface area contributed by atoms with Gasteiger partial charge in [0.2, 0.25) is 0 Å². The summed E-state index contributed by atoms with van der Waals surface area (Å²) in [5, 5.41) is 2.11. The van der Waals surface area contributed by atoms with E-state index < -0.39 is 0 Å². The lowest BCUT2D eigenvalue weighted by Crippen LogP contribution is -2.31. The fourth-order valence-electron chi connectivity index (χ4n) is 1.96. The van der Waals surface area contributed by atoms with E-state index in [-0.39, 0.29) is 0 Å². The normalized spacial score (nSPS) is 10.9. The first-order valence-electron chi connectivity index (χ1n) is 6.14. The van der Waals surface area contributed by atoms with E-state index in [0.717, 1.165) is 17.8 Å². The summed E-state index contributed by atoms with van der Waals surface area (Å²) in [4.78, 5) is 7.94. The van der Waals surface area contributed by atoms with Gasteiger partial charge in [-0.1, -0.05) is 6.07 Å². The summed E-state index contributed by atoms with van der Waals surface area (Å²) in [7, 11) is 0. The van der Waals surface area contributed by atoms with Crippen LogP contribution in [-0.4, -0.2) is 11.0 Å². The molecule has 3 nitrogen and oxygen atoms in total. The Hall–Kier alpha value is -1.39. The van der Waals surface area contributed by atoms with Crippen molar-refractivity contribution >= 4 is 17.0 Å². The minimum atomic E-state index is 0.418. The Labute approximate surface area is 112 Å². The Bertz CT molecular complexity index is 480. The van der Waals surface area contributed by atoms with Gasteiger partial charge in [-0.15, -0.1) is 11.3 Å². The van der Waals surface area contributed by atoms with Crippen molar-refractivity contribution < 1.29 is 0 Å². The van der Waals surface area contributed by atoms with Crippen LogP contribution in [0.15, 0.2) is 36.0 Å². The largest absolute Gasteiger partial charge is 0.362 e. The number of anilines is 1. The maximum Gasteiger partial charge on any atom is 0.0603 e. The van der Waals surface area contributed by atoms with Crippen molar-refractivity contribution in [3.05, 3.63) is 46.4 Å². The Morgan fingerprint density at radius 1 is 1.39 bits per heavy atom. The van der Waals surface area contributed by atoms with E-state index in [4.69, 9.17) is 5.73 Å². The summed E-state index contributed by atoms with van der Waals surface area (Å²) < 4.78 is 0. The molecule has 0 saturated carbocycles. The van der Waals surface area contributed by atoms with Crippen molar-refractivity contribution in [2.24, 2.45) is 5.73 Å². The zero-order chi connectivity index (χ0) is 13.0. The van der Waals surface area contributed by atoms with Crippen LogP contribution in [0.25, 0.3) is 0 Å². The van der Waals surface area contributed by atoms with E-state index in [1.165, 1.54) is 4.88 Å². The summed E-state index contributed by atoms with van der Waals surface area (Å²) in [5.74, 6) is 0. The molecule has 0 spiro atoms. The number of rotatable bonds is 5. The Balaban J connectivity index is 2.29. The SMILES string of the molecule is CC(C)N(Cc1cccs1)c1cnccc1CN. The van der Waals surface area contributed by atoms with Gasteiger partial charge in [0.05, 0.1) is 18.4 Å². The fourth-order valence-corrected chi connectivity index (χ4v) is 2.67. The van der Waals surface area contributed by atoms with Crippen LogP contribution in [0.3, 0.4) is 0 Å².